The number of rotatable bonds is 5. The van der Waals surface area contributed by atoms with Crippen LogP contribution in [-0.2, 0) is 10.0 Å². The van der Waals surface area contributed by atoms with E-state index < -0.39 is 10.0 Å². The van der Waals surface area contributed by atoms with Crippen molar-refractivity contribution in [2.75, 3.05) is 37.8 Å². The van der Waals surface area contributed by atoms with Gasteiger partial charge in [0.2, 0.25) is 16.0 Å². The molecule has 6 nitrogen and oxygen atoms in total. The van der Waals surface area contributed by atoms with Crippen molar-refractivity contribution in [1.82, 2.24) is 14.3 Å². The number of anilines is 1. The lowest BCUT2D eigenvalue weighted by Gasteiger charge is -2.32. The zero-order valence-electron chi connectivity index (χ0n) is 15.9. The zero-order chi connectivity index (χ0) is 19.6. The van der Waals surface area contributed by atoms with E-state index in [4.69, 9.17) is 16.6 Å². The number of piperidine rings is 1. The Morgan fingerprint density at radius 3 is 2.78 bits per heavy atom. The van der Waals surface area contributed by atoms with E-state index in [-0.39, 0.29) is 11.7 Å². The number of aromatic nitrogens is 2. The fraction of sp³-hybridized carbons (Fsp3) is 0.474. The van der Waals surface area contributed by atoms with Gasteiger partial charge in [-0.3, -0.25) is 0 Å². The number of sulfonamides is 1. The van der Waals surface area contributed by atoms with Gasteiger partial charge < -0.3 is 4.90 Å². The Labute approximate surface area is 166 Å². The van der Waals surface area contributed by atoms with Crippen molar-refractivity contribution in [3.05, 3.63) is 41.2 Å². The van der Waals surface area contributed by atoms with Crippen molar-refractivity contribution < 1.29 is 8.42 Å². The molecular formula is C19H25ClN4O2S. The molecule has 0 saturated carbocycles. The summed E-state index contributed by atoms with van der Waals surface area (Å²) in [6, 6.07) is 7.60. The van der Waals surface area contributed by atoms with Gasteiger partial charge >= 0.3 is 0 Å². The van der Waals surface area contributed by atoms with Gasteiger partial charge in [0.25, 0.3) is 0 Å². The molecule has 146 valence electrons. The largest absolute Gasteiger partial charge is 0.347 e. The average molecular weight is 409 g/mol. The molecule has 0 radical (unpaired) electrons. The van der Waals surface area contributed by atoms with Gasteiger partial charge in [-0.05, 0) is 37.5 Å². The number of nitrogens with zero attached hydrogens (tertiary/aromatic N) is 4. The second-order valence-corrected chi connectivity index (χ2v) is 9.67. The highest BCUT2D eigenvalue weighted by Crippen LogP contribution is 2.35. The Kier molecular flexibility index (Phi) is 6.03. The second-order valence-electron chi connectivity index (χ2n) is 6.97. The third-order valence-electron chi connectivity index (χ3n) is 4.87. The monoisotopic (exact) mass is 408 g/mol. The van der Waals surface area contributed by atoms with Crippen LogP contribution < -0.4 is 4.90 Å². The lowest BCUT2D eigenvalue weighted by molar-refractivity contribution is 0.313. The number of benzene rings is 1. The Balaban J connectivity index is 2.05. The highest BCUT2D eigenvalue weighted by molar-refractivity contribution is 7.89. The number of hydrogen-bond acceptors (Lipinski definition) is 5. The van der Waals surface area contributed by atoms with Gasteiger partial charge in [-0.25, -0.2) is 22.7 Å². The average Bonchev–Trinajstić information content (AvgIpc) is 2.67. The number of hydrogen-bond donors (Lipinski definition) is 0. The highest BCUT2D eigenvalue weighted by atomic mass is 35.5. The lowest BCUT2D eigenvalue weighted by atomic mass is 9.91. The Hall–Kier alpha value is -1.70. The summed E-state index contributed by atoms with van der Waals surface area (Å²) >= 11 is 6.18. The van der Waals surface area contributed by atoms with E-state index in [0.717, 1.165) is 29.7 Å². The Bertz CT molecular complexity index is 918. The molecule has 0 unspecified atom stereocenters. The maximum absolute atomic E-state index is 12.4. The molecule has 0 amide bonds. The summed E-state index contributed by atoms with van der Waals surface area (Å²) in [5.74, 6) is 0.759. The first-order chi connectivity index (χ1) is 12.8. The molecule has 0 bridgehead atoms. The van der Waals surface area contributed by atoms with E-state index in [1.165, 1.54) is 0 Å². The van der Waals surface area contributed by atoms with Crippen LogP contribution in [-0.4, -0.2) is 55.6 Å². The molecule has 2 aromatic rings. The minimum atomic E-state index is -3.21. The molecule has 1 fully saturated rings. The second kappa shape index (κ2) is 8.12. The fourth-order valence-electron chi connectivity index (χ4n) is 3.39. The predicted octanol–water partition coefficient (Wildman–Crippen LogP) is 3.39. The van der Waals surface area contributed by atoms with E-state index in [0.29, 0.717) is 24.1 Å². The molecule has 1 aromatic heterocycles. The molecule has 1 saturated heterocycles. The molecule has 1 aliphatic rings. The van der Waals surface area contributed by atoms with Gasteiger partial charge in [-0.1, -0.05) is 23.7 Å². The molecule has 0 N–H and O–H groups in total. The summed E-state index contributed by atoms with van der Waals surface area (Å²) in [5, 5.41) is 0.647. The zero-order valence-corrected chi connectivity index (χ0v) is 17.5. The van der Waals surface area contributed by atoms with Crippen LogP contribution in [0.3, 0.4) is 0 Å². The van der Waals surface area contributed by atoms with Crippen LogP contribution in [0.4, 0.5) is 5.95 Å². The molecular weight excluding hydrogens is 384 g/mol. The quantitative estimate of drug-likeness (QED) is 0.758. The maximum Gasteiger partial charge on any atom is 0.225 e. The molecule has 1 aromatic carbocycles. The van der Waals surface area contributed by atoms with Crippen molar-refractivity contribution in [3.63, 3.8) is 0 Å². The van der Waals surface area contributed by atoms with Gasteiger partial charge in [-0.2, -0.15) is 0 Å². The van der Waals surface area contributed by atoms with Crippen LogP contribution in [0.1, 0.15) is 31.4 Å². The maximum atomic E-state index is 12.4. The van der Waals surface area contributed by atoms with E-state index in [2.05, 4.69) is 4.98 Å². The molecule has 8 heteroatoms. The molecule has 27 heavy (non-hydrogen) atoms. The molecule has 0 aliphatic carbocycles. The smallest absolute Gasteiger partial charge is 0.225 e. The Morgan fingerprint density at radius 2 is 2.11 bits per heavy atom. The Morgan fingerprint density at radius 1 is 1.33 bits per heavy atom. The standard InChI is InChI=1S/C19H25ClN4O2S/c1-4-27(25,26)24-10-6-8-15(13-24)18-17(12-21-19(22-18)23(2)3)14-7-5-9-16(20)11-14/h5,7,9,11-12,15H,4,6,8,10,13H2,1-3H3/t15-/m1/s1. The van der Waals surface area contributed by atoms with Crippen LogP contribution in [0, 0.1) is 0 Å². The van der Waals surface area contributed by atoms with Crippen LogP contribution >= 0.6 is 11.6 Å². The SMILES string of the molecule is CCS(=O)(=O)N1CCC[C@@H](c2nc(N(C)C)ncc2-c2cccc(Cl)c2)C1. The third kappa shape index (κ3) is 4.42. The van der Waals surface area contributed by atoms with Crippen molar-refractivity contribution in [2.45, 2.75) is 25.7 Å². The van der Waals surface area contributed by atoms with E-state index in [9.17, 15) is 8.42 Å². The van der Waals surface area contributed by atoms with Gasteiger partial charge in [0.1, 0.15) is 0 Å². The first kappa shape index (κ1) is 20.0. The molecule has 1 aliphatic heterocycles. The molecule has 2 heterocycles. The van der Waals surface area contributed by atoms with Crippen molar-refractivity contribution in [2.24, 2.45) is 0 Å². The summed E-state index contributed by atoms with van der Waals surface area (Å²) in [6.45, 7) is 2.71. The topological polar surface area (TPSA) is 66.4 Å². The fourth-order valence-corrected chi connectivity index (χ4v) is 4.76. The highest BCUT2D eigenvalue weighted by Gasteiger charge is 2.31. The van der Waals surface area contributed by atoms with E-state index >= 15 is 0 Å². The summed E-state index contributed by atoms with van der Waals surface area (Å²) in [5.41, 5.74) is 2.73. The van der Waals surface area contributed by atoms with E-state index in [1.807, 2.05) is 49.5 Å². The minimum Gasteiger partial charge on any atom is -0.347 e. The lowest BCUT2D eigenvalue weighted by Crippen LogP contribution is -2.40. The summed E-state index contributed by atoms with van der Waals surface area (Å²) in [7, 11) is 0.577. The van der Waals surface area contributed by atoms with Crippen molar-refractivity contribution in [1.29, 1.82) is 0 Å². The predicted molar refractivity (Wildman–Crippen MR) is 110 cm³/mol. The van der Waals surface area contributed by atoms with Gasteiger partial charge in [0, 0.05) is 49.9 Å². The summed E-state index contributed by atoms with van der Waals surface area (Å²) in [6.07, 6.45) is 3.53. The van der Waals surface area contributed by atoms with Crippen molar-refractivity contribution >= 4 is 27.6 Å². The first-order valence-corrected chi connectivity index (χ1v) is 11.1. The van der Waals surface area contributed by atoms with Gasteiger partial charge in [0.15, 0.2) is 0 Å². The number of halogens is 1. The van der Waals surface area contributed by atoms with Crippen LogP contribution in [0.25, 0.3) is 11.1 Å². The minimum absolute atomic E-state index is 0.0238. The summed E-state index contributed by atoms with van der Waals surface area (Å²) in [4.78, 5) is 11.1. The van der Waals surface area contributed by atoms with Crippen LogP contribution in [0.2, 0.25) is 5.02 Å². The molecule has 0 spiro atoms. The van der Waals surface area contributed by atoms with Crippen LogP contribution in [0.15, 0.2) is 30.5 Å². The molecule has 3 rings (SSSR count). The van der Waals surface area contributed by atoms with Gasteiger partial charge in [-0.15, -0.1) is 0 Å². The van der Waals surface area contributed by atoms with Crippen LogP contribution in [0.5, 0.6) is 0 Å². The van der Waals surface area contributed by atoms with Crippen molar-refractivity contribution in [3.8, 4) is 11.1 Å². The van der Waals surface area contributed by atoms with E-state index in [1.54, 1.807) is 11.2 Å². The van der Waals surface area contributed by atoms with Gasteiger partial charge in [0.05, 0.1) is 11.4 Å². The molecule has 1 atom stereocenters. The summed E-state index contributed by atoms with van der Waals surface area (Å²) < 4.78 is 26.3. The first-order valence-electron chi connectivity index (χ1n) is 9.10. The third-order valence-corrected chi connectivity index (χ3v) is 6.95. The normalized spacial score (nSPS) is 18.4.